The molecule has 1 N–H and O–H groups in total. The van der Waals surface area contributed by atoms with Gasteiger partial charge < -0.3 is 20.0 Å². The number of anilines is 1. The van der Waals surface area contributed by atoms with Crippen molar-refractivity contribution in [2.24, 2.45) is 0 Å². The average Bonchev–Trinajstić information content (AvgIpc) is 3.44. The van der Waals surface area contributed by atoms with Gasteiger partial charge in [0.15, 0.2) is 5.69 Å². The molecule has 0 aliphatic carbocycles. The van der Waals surface area contributed by atoms with Crippen LogP contribution in [0, 0.1) is 24.0 Å². The van der Waals surface area contributed by atoms with Crippen LogP contribution in [0.1, 0.15) is 33.1 Å². The number of rotatable bonds is 7. The number of nitro groups is 1. The van der Waals surface area contributed by atoms with E-state index in [2.05, 4.69) is 36.6 Å². The fourth-order valence-corrected chi connectivity index (χ4v) is 3.47. The Morgan fingerprint density at radius 2 is 2.00 bits per heavy atom. The molecule has 0 bridgehead atoms. The normalized spacial score (nSPS) is 11.0. The first-order valence-electron chi connectivity index (χ1n) is 9.52. The summed E-state index contributed by atoms with van der Waals surface area (Å²) in [6, 6.07) is 8.74. The number of nitrogens with one attached hydrogen (secondary N) is 1. The van der Waals surface area contributed by atoms with E-state index in [1.807, 2.05) is 18.3 Å². The van der Waals surface area contributed by atoms with E-state index in [0.29, 0.717) is 29.2 Å². The van der Waals surface area contributed by atoms with Crippen molar-refractivity contribution in [3.63, 3.8) is 0 Å². The molecule has 0 atom stereocenters. The van der Waals surface area contributed by atoms with Crippen LogP contribution in [0.15, 0.2) is 51.7 Å². The lowest BCUT2D eigenvalue weighted by Gasteiger charge is -2.07. The third-order valence-electron chi connectivity index (χ3n) is 4.82. The number of hydrogen-bond donors (Lipinski definition) is 1. The summed E-state index contributed by atoms with van der Waals surface area (Å²) in [5.41, 5.74) is 2.81. The van der Waals surface area contributed by atoms with Gasteiger partial charge in [0.05, 0.1) is 46.2 Å². The van der Waals surface area contributed by atoms with Crippen LogP contribution in [0.5, 0.6) is 0 Å². The highest BCUT2D eigenvalue weighted by Gasteiger charge is 2.24. The molecule has 0 saturated heterocycles. The highest BCUT2D eigenvalue weighted by molar-refractivity contribution is 9.10. The van der Waals surface area contributed by atoms with Crippen molar-refractivity contribution < 1.29 is 14.2 Å². The van der Waals surface area contributed by atoms with Crippen molar-refractivity contribution in [1.29, 1.82) is 0 Å². The first-order valence-corrected chi connectivity index (χ1v) is 10.3. The summed E-state index contributed by atoms with van der Waals surface area (Å²) in [7, 11) is 0. The van der Waals surface area contributed by atoms with E-state index in [1.54, 1.807) is 36.9 Å². The Morgan fingerprint density at radius 1 is 1.25 bits per heavy atom. The number of amides is 1. The van der Waals surface area contributed by atoms with E-state index in [0.717, 1.165) is 10.0 Å². The van der Waals surface area contributed by atoms with Gasteiger partial charge in [0.25, 0.3) is 5.91 Å². The van der Waals surface area contributed by atoms with Crippen LogP contribution >= 0.6 is 15.9 Å². The minimum Gasteiger partial charge on any atom is -0.361 e. The predicted molar refractivity (Wildman–Crippen MR) is 117 cm³/mol. The first kappa shape index (κ1) is 21.4. The van der Waals surface area contributed by atoms with Crippen LogP contribution in [0.25, 0.3) is 0 Å². The molecule has 4 aromatic rings. The minimum atomic E-state index is -0.563. The van der Waals surface area contributed by atoms with Crippen molar-refractivity contribution in [1.82, 2.24) is 24.7 Å². The third-order valence-corrected chi connectivity index (χ3v) is 5.23. The van der Waals surface area contributed by atoms with Crippen molar-refractivity contribution in [3.8, 4) is 0 Å². The number of benzene rings is 1. The van der Waals surface area contributed by atoms with Crippen LogP contribution in [0.3, 0.4) is 0 Å². The van der Waals surface area contributed by atoms with Crippen LogP contribution in [0.2, 0.25) is 0 Å². The molecule has 11 nitrogen and oxygen atoms in total. The highest BCUT2D eigenvalue weighted by atomic mass is 79.9. The molecular weight excluding hydrogens is 482 g/mol. The van der Waals surface area contributed by atoms with Gasteiger partial charge in [-0.1, -0.05) is 17.3 Å². The second kappa shape index (κ2) is 8.75. The topological polar surface area (TPSA) is 134 Å². The Balaban J connectivity index is 1.48. The van der Waals surface area contributed by atoms with Crippen LogP contribution in [-0.2, 0) is 13.1 Å². The Kier molecular flexibility index (Phi) is 5.86. The number of aryl methyl sites for hydroxylation is 2. The van der Waals surface area contributed by atoms with Gasteiger partial charge in [0.2, 0.25) is 0 Å². The molecule has 0 spiro atoms. The standard InChI is InChI=1S/C20H18BrN7O4/c1-12-7-18(28(30)31)24-27(12)11-17-13(2)32-25-19(17)20(29)23-16-5-3-14(4-6-16)9-26-10-15(21)8-22-26/h3-8,10H,9,11H2,1-2H3,(H,23,29). The van der Waals surface area contributed by atoms with Crippen molar-refractivity contribution in [2.45, 2.75) is 26.9 Å². The molecule has 0 fully saturated rings. The number of nitrogens with zero attached hydrogens (tertiary/aromatic N) is 6. The molecule has 1 amide bonds. The quantitative estimate of drug-likeness (QED) is 0.302. The third kappa shape index (κ3) is 4.59. The Hall–Kier alpha value is -3.80. The lowest BCUT2D eigenvalue weighted by molar-refractivity contribution is -0.389. The number of carbonyl (C=O) groups excluding carboxylic acids is 1. The van der Waals surface area contributed by atoms with E-state index in [4.69, 9.17) is 4.52 Å². The SMILES string of the molecule is Cc1onc(C(=O)Nc2ccc(Cn3cc(Br)cn3)cc2)c1Cn1nc([N+](=O)[O-])cc1C. The van der Waals surface area contributed by atoms with Crippen LogP contribution < -0.4 is 5.32 Å². The molecule has 0 aliphatic heterocycles. The summed E-state index contributed by atoms with van der Waals surface area (Å²) in [5.74, 6) is -0.265. The fraction of sp³-hybridized carbons (Fsp3) is 0.200. The van der Waals surface area contributed by atoms with Gasteiger partial charge in [-0.2, -0.15) is 9.78 Å². The van der Waals surface area contributed by atoms with Gasteiger partial charge in [-0.05, 0) is 52.4 Å². The summed E-state index contributed by atoms with van der Waals surface area (Å²) in [5, 5.41) is 25.8. The van der Waals surface area contributed by atoms with Gasteiger partial charge in [-0.3, -0.25) is 9.48 Å². The largest absolute Gasteiger partial charge is 0.390 e. The number of hydrogen-bond acceptors (Lipinski definition) is 7. The van der Waals surface area contributed by atoms with Crippen LogP contribution in [0.4, 0.5) is 11.5 Å². The second-order valence-electron chi connectivity index (χ2n) is 7.13. The number of carbonyl (C=O) groups is 1. The number of halogens is 1. The lowest BCUT2D eigenvalue weighted by atomic mass is 10.1. The average molecular weight is 500 g/mol. The monoisotopic (exact) mass is 499 g/mol. The summed E-state index contributed by atoms with van der Waals surface area (Å²) >= 11 is 3.37. The zero-order valence-electron chi connectivity index (χ0n) is 17.1. The van der Waals surface area contributed by atoms with Crippen LogP contribution in [-0.4, -0.2) is 35.5 Å². The molecule has 0 aliphatic rings. The molecule has 4 rings (SSSR count). The van der Waals surface area contributed by atoms with Gasteiger partial charge in [0, 0.05) is 11.9 Å². The van der Waals surface area contributed by atoms with Gasteiger partial charge in [-0.25, -0.2) is 0 Å². The molecule has 0 saturated carbocycles. The number of aromatic nitrogens is 5. The van der Waals surface area contributed by atoms with Crippen molar-refractivity contribution >= 4 is 33.3 Å². The van der Waals surface area contributed by atoms with E-state index < -0.39 is 10.8 Å². The van der Waals surface area contributed by atoms with Gasteiger partial charge >= 0.3 is 5.82 Å². The van der Waals surface area contributed by atoms with E-state index in [9.17, 15) is 14.9 Å². The Morgan fingerprint density at radius 3 is 2.62 bits per heavy atom. The maximum atomic E-state index is 12.8. The summed E-state index contributed by atoms with van der Waals surface area (Å²) in [4.78, 5) is 23.2. The van der Waals surface area contributed by atoms with Gasteiger partial charge in [0.1, 0.15) is 5.76 Å². The zero-order valence-corrected chi connectivity index (χ0v) is 18.7. The minimum absolute atomic E-state index is 0.102. The Bertz CT molecular complexity index is 1290. The maximum Gasteiger partial charge on any atom is 0.390 e. The molecular formula is C20H18BrN7O4. The molecule has 12 heteroatoms. The smallest absolute Gasteiger partial charge is 0.361 e. The lowest BCUT2D eigenvalue weighted by Crippen LogP contribution is -2.16. The van der Waals surface area contributed by atoms with Gasteiger partial charge in [-0.15, -0.1) is 0 Å². The second-order valence-corrected chi connectivity index (χ2v) is 8.05. The maximum absolute atomic E-state index is 12.8. The van der Waals surface area contributed by atoms with Crippen molar-refractivity contribution in [3.05, 3.63) is 85.6 Å². The highest BCUT2D eigenvalue weighted by Crippen LogP contribution is 2.20. The van der Waals surface area contributed by atoms with E-state index >= 15 is 0 Å². The molecule has 3 heterocycles. The zero-order chi connectivity index (χ0) is 22.8. The molecule has 32 heavy (non-hydrogen) atoms. The molecule has 164 valence electrons. The molecule has 1 aromatic carbocycles. The molecule has 0 unspecified atom stereocenters. The first-order chi connectivity index (χ1) is 15.3. The summed E-state index contributed by atoms with van der Waals surface area (Å²) < 4.78 is 9.35. The summed E-state index contributed by atoms with van der Waals surface area (Å²) in [6.07, 6.45) is 3.59. The summed E-state index contributed by atoms with van der Waals surface area (Å²) in [6.45, 7) is 4.10. The fourth-order valence-electron chi connectivity index (χ4n) is 3.14. The van der Waals surface area contributed by atoms with E-state index in [1.165, 1.54) is 10.7 Å². The Labute approximate surface area is 190 Å². The van der Waals surface area contributed by atoms with Crippen molar-refractivity contribution in [2.75, 3.05) is 5.32 Å². The molecule has 0 radical (unpaired) electrons. The molecule has 3 aromatic heterocycles. The van der Waals surface area contributed by atoms with E-state index in [-0.39, 0.29) is 18.1 Å². The predicted octanol–water partition coefficient (Wildman–Crippen LogP) is 3.70.